The molecule has 1 saturated heterocycles. The first-order valence-corrected chi connectivity index (χ1v) is 9.84. The second-order valence-corrected chi connectivity index (χ2v) is 7.59. The summed E-state index contributed by atoms with van der Waals surface area (Å²) in [5.74, 6) is -0.257. The number of carbonyl (C=O) groups excluding carboxylic acids is 3. The molecule has 27 heavy (non-hydrogen) atoms. The van der Waals surface area contributed by atoms with Crippen molar-refractivity contribution in [3.05, 3.63) is 51.7 Å². The first kappa shape index (κ1) is 19.1. The van der Waals surface area contributed by atoms with Crippen molar-refractivity contribution < 1.29 is 14.4 Å². The standard InChI is InChI=1S/C20H23N3O3S/c1-13-12-15(18(24)21-2)5-6-16(13)22-19(25)14-7-9-23(10-8-14)20(26)17-4-3-11-27-17/h3-6,11-12,14H,7-10H2,1-2H3,(H,21,24)(H,22,25). The number of anilines is 1. The van der Waals surface area contributed by atoms with E-state index < -0.39 is 0 Å². The van der Waals surface area contributed by atoms with Gasteiger partial charge in [0, 0.05) is 37.3 Å². The minimum absolute atomic E-state index is 0.0333. The molecule has 3 rings (SSSR count). The number of nitrogens with zero attached hydrogens (tertiary/aromatic N) is 1. The zero-order chi connectivity index (χ0) is 19.4. The molecule has 0 spiro atoms. The Hall–Kier alpha value is -2.67. The van der Waals surface area contributed by atoms with E-state index in [4.69, 9.17) is 0 Å². The first-order chi connectivity index (χ1) is 13.0. The van der Waals surface area contributed by atoms with Gasteiger partial charge >= 0.3 is 0 Å². The molecule has 142 valence electrons. The summed E-state index contributed by atoms with van der Waals surface area (Å²) in [7, 11) is 1.59. The smallest absolute Gasteiger partial charge is 0.263 e. The molecule has 0 unspecified atom stereocenters. The van der Waals surface area contributed by atoms with E-state index in [2.05, 4.69) is 10.6 Å². The molecule has 7 heteroatoms. The lowest BCUT2D eigenvalue weighted by Gasteiger charge is -2.31. The normalized spacial score (nSPS) is 14.7. The van der Waals surface area contributed by atoms with Gasteiger partial charge in [-0.25, -0.2) is 0 Å². The summed E-state index contributed by atoms with van der Waals surface area (Å²) < 4.78 is 0. The lowest BCUT2D eigenvalue weighted by Crippen LogP contribution is -2.41. The molecule has 1 aromatic heterocycles. The van der Waals surface area contributed by atoms with Crippen LogP contribution in [0.4, 0.5) is 5.69 Å². The van der Waals surface area contributed by atoms with Crippen LogP contribution in [-0.4, -0.2) is 42.8 Å². The summed E-state index contributed by atoms with van der Waals surface area (Å²) in [6.07, 6.45) is 1.30. The number of benzene rings is 1. The van der Waals surface area contributed by atoms with Gasteiger partial charge in [-0.15, -0.1) is 11.3 Å². The van der Waals surface area contributed by atoms with Gasteiger partial charge in [-0.05, 0) is 55.0 Å². The van der Waals surface area contributed by atoms with E-state index in [9.17, 15) is 14.4 Å². The van der Waals surface area contributed by atoms with Gasteiger partial charge in [0.05, 0.1) is 4.88 Å². The van der Waals surface area contributed by atoms with Crippen LogP contribution in [-0.2, 0) is 4.79 Å². The Morgan fingerprint density at radius 2 is 1.89 bits per heavy atom. The number of hydrogen-bond donors (Lipinski definition) is 2. The van der Waals surface area contributed by atoms with E-state index in [1.165, 1.54) is 11.3 Å². The molecule has 1 aromatic carbocycles. The van der Waals surface area contributed by atoms with E-state index in [0.717, 1.165) is 10.4 Å². The predicted molar refractivity (Wildman–Crippen MR) is 106 cm³/mol. The number of nitrogens with one attached hydrogen (secondary N) is 2. The molecule has 2 heterocycles. The van der Waals surface area contributed by atoms with E-state index in [1.807, 2.05) is 29.3 Å². The highest BCUT2D eigenvalue weighted by molar-refractivity contribution is 7.12. The van der Waals surface area contributed by atoms with Gasteiger partial charge in [0.25, 0.3) is 11.8 Å². The first-order valence-electron chi connectivity index (χ1n) is 8.96. The van der Waals surface area contributed by atoms with E-state index >= 15 is 0 Å². The van der Waals surface area contributed by atoms with Gasteiger partial charge in [-0.2, -0.15) is 0 Å². The molecule has 0 atom stereocenters. The van der Waals surface area contributed by atoms with Crippen molar-refractivity contribution in [3.63, 3.8) is 0 Å². The Morgan fingerprint density at radius 3 is 2.48 bits per heavy atom. The molecule has 0 bridgehead atoms. The van der Waals surface area contributed by atoms with Gasteiger partial charge in [0.1, 0.15) is 0 Å². The summed E-state index contributed by atoms with van der Waals surface area (Å²) in [6.45, 7) is 3.04. The molecule has 3 amide bonds. The molecule has 6 nitrogen and oxygen atoms in total. The van der Waals surface area contributed by atoms with Crippen molar-refractivity contribution in [3.8, 4) is 0 Å². The van der Waals surface area contributed by atoms with Crippen LogP contribution in [0.15, 0.2) is 35.7 Å². The van der Waals surface area contributed by atoms with Crippen molar-refractivity contribution in [1.29, 1.82) is 0 Å². The summed E-state index contributed by atoms with van der Waals surface area (Å²) in [5.41, 5.74) is 2.12. The van der Waals surface area contributed by atoms with Crippen molar-refractivity contribution >= 4 is 34.7 Å². The third kappa shape index (κ3) is 4.36. The minimum Gasteiger partial charge on any atom is -0.355 e. The van der Waals surface area contributed by atoms with Crippen molar-refractivity contribution in [1.82, 2.24) is 10.2 Å². The lowest BCUT2D eigenvalue weighted by atomic mass is 9.95. The highest BCUT2D eigenvalue weighted by Gasteiger charge is 2.28. The monoisotopic (exact) mass is 385 g/mol. The molecule has 1 aliphatic rings. The fourth-order valence-electron chi connectivity index (χ4n) is 3.23. The highest BCUT2D eigenvalue weighted by atomic mass is 32.1. The van der Waals surface area contributed by atoms with Crippen LogP contribution in [0, 0.1) is 12.8 Å². The van der Waals surface area contributed by atoms with Crippen LogP contribution in [0.1, 0.15) is 38.4 Å². The number of hydrogen-bond acceptors (Lipinski definition) is 4. The van der Waals surface area contributed by atoms with Crippen LogP contribution in [0.25, 0.3) is 0 Å². The second kappa shape index (κ2) is 8.35. The van der Waals surface area contributed by atoms with Crippen LogP contribution in [0.5, 0.6) is 0 Å². The summed E-state index contributed by atoms with van der Waals surface area (Å²) in [6, 6.07) is 8.92. The summed E-state index contributed by atoms with van der Waals surface area (Å²) >= 11 is 1.44. The molecular formula is C20H23N3O3S. The predicted octanol–water partition coefficient (Wildman–Crippen LogP) is 2.91. The summed E-state index contributed by atoms with van der Waals surface area (Å²) in [4.78, 5) is 39.2. The maximum atomic E-state index is 12.6. The lowest BCUT2D eigenvalue weighted by molar-refractivity contribution is -0.121. The Kier molecular flexibility index (Phi) is 5.91. The van der Waals surface area contributed by atoms with Gasteiger partial charge < -0.3 is 15.5 Å². The van der Waals surface area contributed by atoms with Crippen molar-refractivity contribution in [2.75, 3.05) is 25.5 Å². The molecule has 0 aliphatic carbocycles. The van der Waals surface area contributed by atoms with Crippen LogP contribution in [0.3, 0.4) is 0 Å². The van der Waals surface area contributed by atoms with Gasteiger partial charge in [0.2, 0.25) is 5.91 Å². The zero-order valence-electron chi connectivity index (χ0n) is 15.5. The van der Waals surface area contributed by atoms with E-state index in [0.29, 0.717) is 37.2 Å². The largest absolute Gasteiger partial charge is 0.355 e. The fraction of sp³-hybridized carbons (Fsp3) is 0.350. The zero-order valence-corrected chi connectivity index (χ0v) is 16.3. The Morgan fingerprint density at radius 1 is 1.15 bits per heavy atom. The van der Waals surface area contributed by atoms with Crippen molar-refractivity contribution in [2.24, 2.45) is 5.92 Å². The molecular weight excluding hydrogens is 362 g/mol. The number of rotatable bonds is 4. The number of thiophene rings is 1. The fourth-order valence-corrected chi connectivity index (χ4v) is 3.92. The molecule has 0 saturated carbocycles. The topological polar surface area (TPSA) is 78.5 Å². The molecule has 2 aromatic rings. The van der Waals surface area contributed by atoms with Crippen LogP contribution in [0.2, 0.25) is 0 Å². The molecule has 2 N–H and O–H groups in total. The van der Waals surface area contributed by atoms with Crippen molar-refractivity contribution in [2.45, 2.75) is 19.8 Å². The van der Waals surface area contributed by atoms with Gasteiger partial charge in [-0.1, -0.05) is 6.07 Å². The maximum absolute atomic E-state index is 12.6. The Labute approximate surface area is 162 Å². The second-order valence-electron chi connectivity index (χ2n) is 6.64. The quantitative estimate of drug-likeness (QED) is 0.849. The van der Waals surface area contributed by atoms with Crippen LogP contribution >= 0.6 is 11.3 Å². The molecule has 0 radical (unpaired) electrons. The Balaban J connectivity index is 1.57. The number of aryl methyl sites for hydroxylation is 1. The summed E-state index contributed by atoms with van der Waals surface area (Å²) in [5, 5.41) is 7.44. The third-order valence-corrected chi connectivity index (χ3v) is 5.72. The van der Waals surface area contributed by atoms with Crippen LogP contribution < -0.4 is 10.6 Å². The van der Waals surface area contributed by atoms with Gasteiger partial charge in [-0.3, -0.25) is 14.4 Å². The SMILES string of the molecule is CNC(=O)c1ccc(NC(=O)C2CCN(C(=O)c3cccs3)CC2)c(C)c1. The number of piperidine rings is 1. The minimum atomic E-state index is -0.154. The number of carbonyl (C=O) groups is 3. The number of amides is 3. The third-order valence-electron chi connectivity index (χ3n) is 4.86. The maximum Gasteiger partial charge on any atom is 0.263 e. The number of likely N-dealkylation sites (tertiary alicyclic amines) is 1. The highest BCUT2D eigenvalue weighted by Crippen LogP contribution is 2.23. The van der Waals surface area contributed by atoms with E-state index in [-0.39, 0.29) is 23.6 Å². The molecule has 1 aliphatic heterocycles. The average Bonchev–Trinajstić information content (AvgIpc) is 3.23. The van der Waals surface area contributed by atoms with Gasteiger partial charge in [0.15, 0.2) is 0 Å². The molecule has 1 fully saturated rings. The average molecular weight is 385 g/mol. The Bertz CT molecular complexity index is 840. The van der Waals surface area contributed by atoms with E-state index in [1.54, 1.807) is 25.2 Å².